The van der Waals surface area contributed by atoms with Crippen molar-refractivity contribution in [2.45, 2.75) is 20.8 Å². The van der Waals surface area contributed by atoms with Crippen molar-refractivity contribution in [1.82, 2.24) is 10.2 Å². The molecule has 0 unspecified atom stereocenters. The highest BCUT2D eigenvalue weighted by atomic mass is 16.5. The summed E-state index contributed by atoms with van der Waals surface area (Å²) in [5.41, 5.74) is 1.99. The number of carbonyl (C=O) groups is 2. The fourth-order valence-corrected chi connectivity index (χ4v) is 3.09. The van der Waals surface area contributed by atoms with Gasteiger partial charge in [-0.2, -0.15) is 0 Å². The van der Waals surface area contributed by atoms with Gasteiger partial charge in [-0.25, -0.2) is 0 Å². The number of anilines is 1. The monoisotopic (exact) mass is 439 g/mol. The summed E-state index contributed by atoms with van der Waals surface area (Å²) in [6.07, 6.45) is 3.15. The molecule has 7 heteroatoms. The molecule has 0 aliphatic rings. The summed E-state index contributed by atoms with van der Waals surface area (Å²) in [6.45, 7) is 9.99. The minimum atomic E-state index is -0.269. The zero-order chi connectivity index (χ0) is 23.3. The number of ether oxygens (including phenoxy) is 2. The van der Waals surface area contributed by atoms with E-state index in [-0.39, 0.29) is 11.8 Å². The Balaban J connectivity index is 1.89. The molecule has 0 saturated heterocycles. The summed E-state index contributed by atoms with van der Waals surface area (Å²) in [6, 6.07) is 12.3. The fourth-order valence-electron chi connectivity index (χ4n) is 3.09. The predicted molar refractivity (Wildman–Crippen MR) is 128 cm³/mol. The average molecular weight is 440 g/mol. The first-order valence-corrected chi connectivity index (χ1v) is 10.9. The van der Waals surface area contributed by atoms with Gasteiger partial charge in [0.25, 0.3) is 5.91 Å². The molecule has 2 N–H and O–H groups in total. The maximum Gasteiger partial charge on any atom is 0.251 e. The lowest BCUT2D eigenvalue weighted by molar-refractivity contribution is -0.111. The number of rotatable bonds is 12. The number of hydrogen-bond donors (Lipinski definition) is 2. The molecule has 0 heterocycles. The molecule has 0 aliphatic heterocycles. The van der Waals surface area contributed by atoms with Crippen LogP contribution in [0.5, 0.6) is 11.5 Å². The number of likely N-dealkylation sites (N-methyl/N-ethyl adjacent to an activating group) is 1. The Kier molecular flexibility index (Phi) is 10.3. The highest BCUT2D eigenvalue weighted by molar-refractivity contribution is 6.02. The first-order valence-electron chi connectivity index (χ1n) is 10.9. The third-order valence-corrected chi connectivity index (χ3v) is 4.94. The Morgan fingerprint density at radius 2 is 1.72 bits per heavy atom. The lowest BCUT2D eigenvalue weighted by Crippen LogP contribution is -2.34. The number of nitrogens with one attached hydrogen (secondary N) is 2. The zero-order valence-corrected chi connectivity index (χ0v) is 19.3. The highest BCUT2D eigenvalue weighted by Gasteiger charge is 2.07. The lowest BCUT2D eigenvalue weighted by Gasteiger charge is -2.17. The van der Waals surface area contributed by atoms with Crippen LogP contribution in [0.2, 0.25) is 0 Å². The van der Waals surface area contributed by atoms with Crippen molar-refractivity contribution in [1.29, 1.82) is 0 Å². The molecule has 0 spiro atoms. The van der Waals surface area contributed by atoms with Crippen molar-refractivity contribution in [3.8, 4) is 11.5 Å². The molecule has 7 nitrogen and oxygen atoms in total. The molecule has 0 radical (unpaired) electrons. The van der Waals surface area contributed by atoms with Crippen LogP contribution in [0.25, 0.3) is 6.08 Å². The van der Waals surface area contributed by atoms with Crippen molar-refractivity contribution in [3.05, 3.63) is 59.7 Å². The van der Waals surface area contributed by atoms with Gasteiger partial charge in [0, 0.05) is 30.4 Å². The summed E-state index contributed by atoms with van der Waals surface area (Å²) in [5, 5.41) is 5.71. The first-order chi connectivity index (χ1) is 15.5. The predicted octanol–water partition coefficient (Wildman–Crippen LogP) is 3.82. The van der Waals surface area contributed by atoms with Gasteiger partial charge in [-0.15, -0.1) is 0 Å². The summed E-state index contributed by atoms with van der Waals surface area (Å²) in [5.74, 6) is 0.878. The van der Waals surface area contributed by atoms with Gasteiger partial charge in [0.05, 0.1) is 13.7 Å². The molecule has 0 aliphatic carbocycles. The minimum Gasteiger partial charge on any atom is -0.493 e. The van der Waals surface area contributed by atoms with Crippen molar-refractivity contribution in [2.75, 3.05) is 45.2 Å². The average Bonchev–Trinajstić information content (AvgIpc) is 2.81. The molecule has 2 amide bonds. The van der Waals surface area contributed by atoms with Crippen LogP contribution in [-0.4, -0.2) is 56.6 Å². The Bertz CT molecular complexity index is 906. The van der Waals surface area contributed by atoms with Crippen LogP contribution in [-0.2, 0) is 4.79 Å². The van der Waals surface area contributed by atoms with Crippen molar-refractivity contribution < 1.29 is 19.1 Å². The fraction of sp³-hybridized carbons (Fsp3) is 0.360. The van der Waals surface area contributed by atoms with Gasteiger partial charge >= 0.3 is 0 Å². The minimum absolute atomic E-state index is 0.126. The zero-order valence-electron chi connectivity index (χ0n) is 19.3. The van der Waals surface area contributed by atoms with Crippen LogP contribution >= 0.6 is 0 Å². The third-order valence-electron chi connectivity index (χ3n) is 4.94. The maximum absolute atomic E-state index is 12.3. The van der Waals surface area contributed by atoms with E-state index in [1.54, 1.807) is 37.5 Å². The van der Waals surface area contributed by atoms with E-state index in [1.165, 1.54) is 6.08 Å². The van der Waals surface area contributed by atoms with E-state index in [0.717, 1.165) is 25.2 Å². The molecule has 172 valence electrons. The van der Waals surface area contributed by atoms with E-state index >= 15 is 0 Å². The first kappa shape index (κ1) is 24.9. The van der Waals surface area contributed by atoms with E-state index in [9.17, 15) is 9.59 Å². The molecule has 2 aromatic carbocycles. The second-order valence-electron chi connectivity index (χ2n) is 7.03. The van der Waals surface area contributed by atoms with Crippen LogP contribution in [0, 0.1) is 0 Å². The van der Waals surface area contributed by atoms with E-state index < -0.39 is 0 Å². The summed E-state index contributed by atoms with van der Waals surface area (Å²) in [7, 11) is 1.58. The van der Waals surface area contributed by atoms with Gasteiger partial charge in [0.15, 0.2) is 11.5 Å². The second-order valence-corrected chi connectivity index (χ2v) is 7.03. The molecule has 2 aromatic rings. The number of nitrogens with zero attached hydrogens (tertiary/aromatic N) is 1. The Hall–Kier alpha value is -3.32. The number of methoxy groups -OCH3 is 1. The van der Waals surface area contributed by atoms with Gasteiger partial charge in [-0.3, -0.25) is 9.59 Å². The van der Waals surface area contributed by atoms with Crippen molar-refractivity contribution in [3.63, 3.8) is 0 Å². The molecule has 0 bridgehead atoms. The molecular formula is C25H33N3O4. The molecule has 2 rings (SSSR count). The van der Waals surface area contributed by atoms with Gasteiger partial charge in [0.2, 0.25) is 5.91 Å². The van der Waals surface area contributed by atoms with Gasteiger partial charge in [-0.05, 0) is 68.1 Å². The maximum atomic E-state index is 12.3. The normalized spacial score (nSPS) is 10.9. The largest absolute Gasteiger partial charge is 0.493 e. The molecule has 0 saturated carbocycles. The van der Waals surface area contributed by atoms with E-state index in [1.807, 2.05) is 25.1 Å². The SMILES string of the molecule is CCOc1ccc(/C=C/C(=O)Nc2ccc(C(=O)NCCN(CC)CC)cc2)cc1OC. The van der Waals surface area contributed by atoms with Crippen LogP contribution in [0.4, 0.5) is 5.69 Å². The number of amides is 2. The van der Waals surface area contributed by atoms with Gasteiger partial charge in [-0.1, -0.05) is 19.9 Å². The van der Waals surface area contributed by atoms with Gasteiger partial charge in [0.1, 0.15) is 0 Å². The van der Waals surface area contributed by atoms with Crippen LogP contribution < -0.4 is 20.1 Å². The molecule has 32 heavy (non-hydrogen) atoms. The number of hydrogen-bond acceptors (Lipinski definition) is 5. The number of benzene rings is 2. The van der Waals surface area contributed by atoms with E-state index in [2.05, 4.69) is 29.4 Å². The Morgan fingerprint density at radius 1 is 1.00 bits per heavy atom. The van der Waals surface area contributed by atoms with E-state index in [0.29, 0.717) is 35.9 Å². The Labute approximate surface area is 190 Å². The van der Waals surface area contributed by atoms with Crippen molar-refractivity contribution >= 4 is 23.6 Å². The summed E-state index contributed by atoms with van der Waals surface area (Å²) >= 11 is 0. The quantitative estimate of drug-likeness (QED) is 0.492. The lowest BCUT2D eigenvalue weighted by atomic mass is 10.1. The number of carbonyl (C=O) groups excluding carboxylic acids is 2. The summed E-state index contributed by atoms with van der Waals surface area (Å²) in [4.78, 5) is 26.8. The van der Waals surface area contributed by atoms with Crippen LogP contribution in [0.3, 0.4) is 0 Å². The smallest absolute Gasteiger partial charge is 0.251 e. The van der Waals surface area contributed by atoms with Crippen LogP contribution in [0.15, 0.2) is 48.5 Å². The molecule has 0 atom stereocenters. The molecular weight excluding hydrogens is 406 g/mol. The second kappa shape index (κ2) is 13.2. The standard InChI is InChI=1S/C25H33N3O4/c1-5-28(6-2)17-16-26-25(30)20-10-12-21(13-11-20)27-24(29)15-9-19-8-14-22(32-7-3)23(18-19)31-4/h8-15,18H,5-7,16-17H2,1-4H3,(H,26,30)(H,27,29)/b15-9+. The van der Waals surface area contributed by atoms with Crippen LogP contribution in [0.1, 0.15) is 36.7 Å². The topological polar surface area (TPSA) is 79.9 Å². The Morgan fingerprint density at radius 3 is 2.34 bits per heavy atom. The molecule has 0 aromatic heterocycles. The van der Waals surface area contributed by atoms with Crippen molar-refractivity contribution in [2.24, 2.45) is 0 Å². The highest BCUT2D eigenvalue weighted by Crippen LogP contribution is 2.28. The summed E-state index contributed by atoms with van der Waals surface area (Å²) < 4.78 is 10.8. The van der Waals surface area contributed by atoms with Gasteiger partial charge < -0.3 is 25.0 Å². The molecule has 0 fully saturated rings. The third kappa shape index (κ3) is 7.74. The van der Waals surface area contributed by atoms with E-state index in [4.69, 9.17) is 9.47 Å².